The third-order valence-electron chi connectivity index (χ3n) is 3.05. The second-order valence-corrected chi connectivity index (χ2v) is 4.89. The highest BCUT2D eigenvalue weighted by molar-refractivity contribution is 7.80. The molecule has 2 aromatic rings. The maximum absolute atomic E-state index is 5.69. The van der Waals surface area contributed by atoms with Gasteiger partial charge in [0, 0.05) is 5.92 Å². The van der Waals surface area contributed by atoms with Gasteiger partial charge in [0.1, 0.15) is 12.4 Å². The van der Waals surface area contributed by atoms with Gasteiger partial charge in [-0.3, -0.25) is 0 Å². The fourth-order valence-corrected chi connectivity index (χ4v) is 2.26. The summed E-state index contributed by atoms with van der Waals surface area (Å²) in [6.45, 7) is 1.83. The molecule has 0 radical (unpaired) electrons. The van der Waals surface area contributed by atoms with Gasteiger partial charge in [-0.25, -0.2) is 0 Å². The van der Waals surface area contributed by atoms with Crippen LogP contribution in [0.2, 0.25) is 0 Å². The van der Waals surface area contributed by atoms with E-state index in [4.69, 9.17) is 9.47 Å². The molecule has 0 N–H and O–H groups in total. The molecule has 0 spiro atoms. The zero-order chi connectivity index (χ0) is 14.0. The SMILES string of the molecule is SCC(COCCOc1ccccc1)c1ccccc1. The Morgan fingerprint density at radius 3 is 2.15 bits per heavy atom. The summed E-state index contributed by atoms with van der Waals surface area (Å²) in [6, 6.07) is 20.1. The van der Waals surface area contributed by atoms with Crippen molar-refractivity contribution in [3.05, 3.63) is 66.2 Å². The van der Waals surface area contributed by atoms with Crippen molar-refractivity contribution in [2.24, 2.45) is 0 Å². The average Bonchev–Trinajstić information content (AvgIpc) is 2.53. The molecule has 0 aromatic heterocycles. The molecule has 1 unspecified atom stereocenters. The molecule has 0 saturated heterocycles. The Labute approximate surface area is 126 Å². The molecule has 3 heteroatoms. The molecular formula is C17H20O2S. The minimum atomic E-state index is 0.330. The molecule has 0 aliphatic heterocycles. The lowest BCUT2D eigenvalue weighted by atomic mass is 10.0. The first-order valence-electron chi connectivity index (χ1n) is 6.81. The van der Waals surface area contributed by atoms with Gasteiger partial charge in [-0.2, -0.15) is 12.6 Å². The van der Waals surface area contributed by atoms with Gasteiger partial charge in [-0.1, -0.05) is 48.5 Å². The summed E-state index contributed by atoms with van der Waals surface area (Å²) < 4.78 is 11.3. The molecule has 0 aliphatic rings. The summed E-state index contributed by atoms with van der Waals surface area (Å²) >= 11 is 4.40. The van der Waals surface area contributed by atoms with E-state index < -0.39 is 0 Å². The van der Waals surface area contributed by atoms with Gasteiger partial charge in [-0.05, 0) is 23.4 Å². The monoisotopic (exact) mass is 288 g/mol. The van der Waals surface area contributed by atoms with Crippen molar-refractivity contribution in [2.75, 3.05) is 25.6 Å². The van der Waals surface area contributed by atoms with Gasteiger partial charge >= 0.3 is 0 Å². The zero-order valence-electron chi connectivity index (χ0n) is 11.4. The summed E-state index contributed by atoms with van der Waals surface area (Å²) in [4.78, 5) is 0. The van der Waals surface area contributed by atoms with E-state index in [9.17, 15) is 0 Å². The van der Waals surface area contributed by atoms with Gasteiger partial charge in [0.05, 0.1) is 13.2 Å². The van der Waals surface area contributed by atoms with E-state index >= 15 is 0 Å². The van der Waals surface area contributed by atoms with Crippen LogP contribution in [0.15, 0.2) is 60.7 Å². The minimum absolute atomic E-state index is 0.330. The number of hydrogen-bond acceptors (Lipinski definition) is 3. The smallest absolute Gasteiger partial charge is 0.119 e. The van der Waals surface area contributed by atoms with Crippen molar-refractivity contribution in [3.63, 3.8) is 0 Å². The predicted molar refractivity (Wildman–Crippen MR) is 85.8 cm³/mol. The van der Waals surface area contributed by atoms with Crippen molar-refractivity contribution in [2.45, 2.75) is 5.92 Å². The van der Waals surface area contributed by atoms with Crippen molar-refractivity contribution in [1.29, 1.82) is 0 Å². The number of rotatable bonds is 8. The molecule has 0 fully saturated rings. The molecule has 2 rings (SSSR count). The molecule has 0 bridgehead atoms. The Hall–Kier alpha value is -1.45. The average molecular weight is 288 g/mol. The fraction of sp³-hybridized carbons (Fsp3) is 0.294. The molecule has 0 saturated carbocycles. The highest BCUT2D eigenvalue weighted by Crippen LogP contribution is 2.17. The standard InChI is InChI=1S/C17H20O2S/c20-14-16(15-7-3-1-4-8-15)13-18-11-12-19-17-9-5-2-6-10-17/h1-10,16,20H,11-14H2. The highest BCUT2D eigenvalue weighted by atomic mass is 32.1. The third-order valence-corrected chi connectivity index (χ3v) is 3.49. The Kier molecular flexibility index (Phi) is 6.48. The maximum atomic E-state index is 5.69. The van der Waals surface area contributed by atoms with Crippen molar-refractivity contribution < 1.29 is 9.47 Å². The normalized spacial score (nSPS) is 12.1. The zero-order valence-corrected chi connectivity index (χ0v) is 12.3. The van der Waals surface area contributed by atoms with Crippen LogP contribution in [0.3, 0.4) is 0 Å². The van der Waals surface area contributed by atoms with E-state index in [0.29, 0.717) is 25.7 Å². The highest BCUT2D eigenvalue weighted by Gasteiger charge is 2.09. The lowest BCUT2D eigenvalue weighted by molar-refractivity contribution is 0.0929. The van der Waals surface area contributed by atoms with Gasteiger partial charge in [0.2, 0.25) is 0 Å². The van der Waals surface area contributed by atoms with Crippen LogP contribution in [-0.4, -0.2) is 25.6 Å². The van der Waals surface area contributed by atoms with Crippen LogP contribution in [0, 0.1) is 0 Å². The number of hydrogen-bond donors (Lipinski definition) is 1. The summed E-state index contributed by atoms with van der Waals surface area (Å²) in [5.74, 6) is 1.99. The molecule has 1 atom stereocenters. The molecule has 2 nitrogen and oxygen atoms in total. The van der Waals surface area contributed by atoms with Crippen molar-refractivity contribution in [3.8, 4) is 5.75 Å². The Morgan fingerprint density at radius 2 is 1.50 bits per heavy atom. The second kappa shape index (κ2) is 8.67. The summed E-state index contributed by atoms with van der Waals surface area (Å²) in [6.07, 6.45) is 0. The van der Waals surface area contributed by atoms with E-state index in [1.807, 2.05) is 48.5 Å². The van der Waals surface area contributed by atoms with E-state index in [-0.39, 0.29) is 0 Å². The first-order valence-corrected chi connectivity index (χ1v) is 7.45. The molecule has 20 heavy (non-hydrogen) atoms. The summed E-state index contributed by atoms with van der Waals surface area (Å²) in [5.41, 5.74) is 1.27. The van der Waals surface area contributed by atoms with Crippen LogP contribution < -0.4 is 4.74 Å². The fourth-order valence-electron chi connectivity index (χ4n) is 1.94. The lowest BCUT2D eigenvalue weighted by Gasteiger charge is -2.15. The molecule has 2 aromatic carbocycles. The van der Waals surface area contributed by atoms with Crippen LogP contribution in [0.4, 0.5) is 0 Å². The Balaban J connectivity index is 1.67. The first kappa shape index (κ1) is 14.9. The van der Waals surface area contributed by atoms with Crippen molar-refractivity contribution >= 4 is 12.6 Å². The lowest BCUT2D eigenvalue weighted by Crippen LogP contribution is -2.13. The van der Waals surface area contributed by atoms with Gasteiger partial charge < -0.3 is 9.47 Å². The van der Waals surface area contributed by atoms with Gasteiger partial charge in [-0.15, -0.1) is 0 Å². The maximum Gasteiger partial charge on any atom is 0.119 e. The first-order chi connectivity index (χ1) is 9.90. The molecule has 0 amide bonds. The quantitative estimate of drug-likeness (QED) is 0.588. The minimum Gasteiger partial charge on any atom is -0.491 e. The van der Waals surface area contributed by atoms with Crippen LogP contribution in [-0.2, 0) is 4.74 Å². The van der Waals surface area contributed by atoms with E-state index in [1.165, 1.54) is 5.56 Å². The Morgan fingerprint density at radius 1 is 0.850 bits per heavy atom. The van der Waals surface area contributed by atoms with E-state index in [1.54, 1.807) is 0 Å². The largest absolute Gasteiger partial charge is 0.491 e. The Bertz CT molecular complexity index is 473. The van der Waals surface area contributed by atoms with E-state index in [0.717, 1.165) is 11.5 Å². The van der Waals surface area contributed by atoms with E-state index in [2.05, 4.69) is 24.8 Å². The van der Waals surface area contributed by atoms with Crippen LogP contribution in [0.1, 0.15) is 11.5 Å². The predicted octanol–water partition coefficient (Wildman–Crippen LogP) is 3.80. The van der Waals surface area contributed by atoms with Crippen LogP contribution in [0.25, 0.3) is 0 Å². The molecular weight excluding hydrogens is 268 g/mol. The second-order valence-electron chi connectivity index (χ2n) is 4.53. The van der Waals surface area contributed by atoms with Gasteiger partial charge in [0.15, 0.2) is 0 Å². The summed E-state index contributed by atoms with van der Waals surface area (Å²) in [5, 5.41) is 0. The summed E-state index contributed by atoms with van der Waals surface area (Å²) in [7, 11) is 0. The number of benzene rings is 2. The third kappa shape index (κ3) is 4.91. The molecule has 106 valence electrons. The van der Waals surface area contributed by atoms with Crippen LogP contribution in [0.5, 0.6) is 5.75 Å². The molecule has 0 heterocycles. The van der Waals surface area contributed by atoms with Crippen molar-refractivity contribution in [1.82, 2.24) is 0 Å². The topological polar surface area (TPSA) is 18.5 Å². The number of ether oxygens (including phenoxy) is 2. The van der Waals surface area contributed by atoms with Crippen LogP contribution >= 0.6 is 12.6 Å². The number of para-hydroxylation sites is 1. The molecule has 0 aliphatic carbocycles. The van der Waals surface area contributed by atoms with Gasteiger partial charge in [0.25, 0.3) is 0 Å². The number of thiol groups is 1.